The summed E-state index contributed by atoms with van der Waals surface area (Å²) < 4.78 is 5.33. The molecule has 0 amide bonds. The van der Waals surface area contributed by atoms with Gasteiger partial charge in [-0.3, -0.25) is 4.98 Å². The van der Waals surface area contributed by atoms with Crippen molar-refractivity contribution in [2.45, 2.75) is 25.4 Å². The van der Waals surface area contributed by atoms with Gasteiger partial charge in [0.1, 0.15) is 0 Å². The van der Waals surface area contributed by atoms with Crippen molar-refractivity contribution in [3.8, 4) is 0 Å². The molecule has 0 fully saturated rings. The molecule has 0 aliphatic heterocycles. The lowest BCUT2D eigenvalue weighted by molar-refractivity contribution is -0.153. The largest absolute Gasteiger partial charge is 0.467 e. The van der Waals surface area contributed by atoms with Gasteiger partial charge in [0.15, 0.2) is 6.10 Å². The monoisotopic (exact) mass is 287 g/mol. The second-order valence-electron chi connectivity index (χ2n) is 4.04. The van der Waals surface area contributed by atoms with Gasteiger partial charge in [0, 0.05) is 22.3 Å². The Morgan fingerprint density at radius 2 is 2.19 bits per heavy atom. The van der Waals surface area contributed by atoms with Crippen LogP contribution in [0.2, 0.25) is 0 Å². The van der Waals surface area contributed by atoms with E-state index in [2.05, 4.69) is 25.7 Å². The van der Waals surface area contributed by atoms with Crippen LogP contribution in [0.25, 0.3) is 0 Å². The van der Waals surface area contributed by atoms with Crippen molar-refractivity contribution in [1.29, 1.82) is 0 Å². The number of esters is 1. The van der Waals surface area contributed by atoms with Crippen molar-refractivity contribution in [2.24, 2.45) is 0 Å². The third-order valence-electron chi connectivity index (χ3n) is 2.56. The van der Waals surface area contributed by atoms with Gasteiger partial charge in [0.25, 0.3) is 0 Å². The van der Waals surface area contributed by atoms with Gasteiger partial charge in [-0.25, -0.2) is 4.79 Å². The number of pyridine rings is 1. The second kappa shape index (κ2) is 4.93. The zero-order valence-electron chi connectivity index (χ0n) is 9.40. The zero-order chi connectivity index (χ0) is 12.3. The average Bonchev–Trinajstić information content (AvgIpc) is 2.27. The van der Waals surface area contributed by atoms with E-state index in [4.69, 9.17) is 0 Å². The number of rotatable bonds is 3. The van der Waals surface area contributed by atoms with Gasteiger partial charge in [-0.1, -0.05) is 13.8 Å². The standard InChI is InChI=1S/C11H14BrNO3/c1-11(2,9(14)10(15)16-3)7-4-8(12)6-13-5-7/h4-6,9,14H,1-3H3. The highest BCUT2D eigenvalue weighted by Crippen LogP contribution is 2.28. The molecule has 0 saturated heterocycles. The highest BCUT2D eigenvalue weighted by Gasteiger charge is 2.36. The van der Waals surface area contributed by atoms with E-state index in [0.29, 0.717) is 0 Å². The fourth-order valence-electron chi connectivity index (χ4n) is 1.33. The molecule has 0 spiro atoms. The molecule has 0 saturated carbocycles. The highest BCUT2D eigenvalue weighted by atomic mass is 79.9. The lowest BCUT2D eigenvalue weighted by Gasteiger charge is -2.28. The minimum Gasteiger partial charge on any atom is -0.467 e. The van der Waals surface area contributed by atoms with Crippen molar-refractivity contribution < 1.29 is 14.6 Å². The van der Waals surface area contributed by atoms with Crippen LogP contribution in [0, 0.1) is 0 Å². The van der Waals surface area contributed by atoms with Gasteiger partial charge >= 0.3 is 5.97 Å². The molecule has 1 aromatic heterocycles. The molecule has 1 atom stereocenters. The fourth-order valence-corrected chi connectivity index (χ4v) is 1.69. The Hall–Kier alpha value is -0.940. The van der Waals surface area contributed by atoms with E-state index in [9.17, 15) is 9.90 Å². The van der Waals surface area contributed by atoms with Gasteiger partial charge in [-0.15, -0.1) is 0 Å². The molecular weight excluding hydrogens is 274 g/mol. The maximum Gasteiger partial charge on any atom is 0.335 e. The SMILES string of the molecule is COC(=O)C(O)C(C)(C)c1cncc(Br)c1. The Labute approximate surface area is 103 Å². The van der Waals surface area contributed by atoms with E-state index < -0.39 is 17.5 Å². The summed E-state index contributed by atoms with van der Waals surface area (Å²) in [7, 11) is 1.25. The van der Waals surface area contributed by atoms with Crippen molar-refractivity contribution >= 4 is 21.9 Å². The molecule has 0 radical (unpaired) electrons. The maximum absolute atomic E-state index is 11.3. The van der Waals surface area contributed by atoms with Crippen LogP contribution in [0.5, 0.6) is 0 Å². The summed E-state index contributed by atoms with van der Waals surface area (Å²) in [4.78, 5) is 15.3. The van der Waals surface area contributed by atoms with Crippen LogP contribution in [0.15, 0.2) is 22.9 Å². The van der Waals surface area contributed by atoms with Crippen LogP contribution in [0.3, 0.4) is 0 Å². The molecule has 1 rings (SSSR count). The Kier molecular flexibility index (Phi) is 4.04. The van der Waals surface area contributed by atoms with Gasteiger partial charge < -0.3 is 9.84 Å². The summed E-state index contributed by atoms with van der Waals surface area (Å²) in [5, 5.41) is 9.87. The van der Waals surface area contributed by atoms with E-state index >= 15 is 0 Å². The predicted octanol–water partition coefficient (Wildman–Crippen LogP) is 1.66. The first-order valence-electron chi connectivity index (χ1n) is 4.76. The number of hydrogen-bond acceptors (Lipinski definition) is 4. The Balaban J connectivity index is 3.05. The fraction of sp³-hybridized carbons (Fsp3) is 0.455. The van der Waals surface area contributed by atoms with Crippen molar-refractivity contribution in [3.63, 3.8) is 0 Å². The van der Waals surface area contributed by atoms with Gasteiger partial charge in [-0.05, 0) is 27.6 Å². The van der Waals surface area contributed by atoms with Crippen LogP contribution < -0.4 is 0 Å². The van der Waals surface area contributed by atoms with E-state index in [1.54, 1.807) is 26.2 Å². The summed E-state index contributed by atoms with van der Waals surface area (Å²) in [5.41, 5.74) is 0.0175. The van der Waals surface area contributed by atoms with E-state index in [1.807, 2.05) is 6.07 Å². The number of carbonyl (C=O) groups excluding carboxylic acids is 1. The molecule has 0 bridgehead atoms. The predicted molar refractivity (Wildman–Crippen MR) is 63.0 cm³/mol. The molecule has 4 nitrogen and oxygen atoms in total. The second-order valence-corrected chi connectivity index (χ2v) is 4.95. The summed E-state index contributed by atoms with van der Waals surface area (Å²) in [6, 6.07) is 1.82. The number of methoxy groups -OCH3 is 1. The topological polar surface area (TPSA) is 59.4 Å². The Morgan fingerprint density at radius 1 is 1.56 bits per heavy atom. The van der Waals surface area contributed by atoms with Crippen molar-refractivity contribution in [2.75, 3.05) is 7.11 Å². The van der Waals surface area contributed by atoms with E-state index in [0.717, 1.165) is 10.0 Å². The van der Waals surface area contributed by atoms with Gasteiger partial charge in [-0.2, -0.15) is 0 Å². The number of ether oxygens (including phenoxy) is 1. The quantitative estimate of drug-likeness (QED) is 0.859. The zero-order valence-corrected chi connectivity index (χ0v) is 11.0. The summed E-state index contributed by atoms with van der Waals surface area (Å²) in [6.45, 7) is 3.52. The van der Waals surface area contributed by atoms with Gasteiger partial charge in [0.05, 0.1) is 7.11 Å². The van der Waals surface area contributed by atoms with Crippen LogP contribution in [-0.2, 0) is 14.9 Å². The van der Waals surface area contributed by atoms with Crippen LogP contribution in [0.4, 0.5) is 0 Å². The summed E-state index contributed by atoms with van der Waals surface area (Å²) in [5.74, 6) is -0.648. The lowest BCUT2D eigenvalue weighted by atomic mass is 9.80. The minimum atomic E-state index is -1.21. The third-order valence-corrected chi connectivity index (χ3v) is 2.99. The van der Waals surface area contributed by atoms with E-state index in [1.165, 1.54) is 7.11 Å². The maximum atomic E-state index is 11.3. The smallest absolute Gasteiger partial charge is 0.335 e. The normalized spacial score (nSPS) is 13.3. The first-order valence-corrected chi connectivity index (χ1v) is 5.56. The number of aliphatic hydroxyl groups is 1. The number of carbonyl (C=O) groups is 1. The van der Waals surface area contributed by atoms with E-state index in [-0.39, 0.29) is 0 Å². The van der Waals surface area contributed by atoms with Crippen LogP contribution in [0.1, 0.15) is 19.4 Å². The molecule has 1 aromatic rings. The number of aromatic nitrogens is 1. The lowest BCUT2D eigenvalue weighted by Crippen LogP contribution is -2.40. The summed E-state index contributed by atoms with van der Waals surface area (Å²) >= 11 is 3.30. The Morgan fingerprint density at radius 3 is 2.69 bits per heavy atom. The first-order chi connectivity index (χ1) is 7.39. The molecule has 1 N–H and O–H groups in total. The van der Waals surface area contributed by atoms with Gasteiger partial charge in [0.2, 0.25) is 0 Å². The molecule has 0 aliphatic rings. The molecule has 1 heterocycles. The van der Waals surface area contributed by atoms with Crippen molar-refractivity contribution in [3.05, 3.63) is 28.5 Å². The molecule has 88 valence electrons. The van der Waals surface area contributed by atoms with Crippen LogP contribution >= 0.6 is 15.9 Å². The number of halogens is 1. The molecule has 0 aliphatic carbocycles. The molecule has 1 unspecified atom stereocenters. The number of hydrogen-bond donors (Lipinski definition) is 1. The minimum absolute atomic E-state index is 0.648. The average molecular weight is 288 g/mol. The van der Waals surface area contributed by atoms with Crippen molar-refractivity contribution in [1.82, 2.24) is 4.98 Å². The summed E-state index contributed by atoms with van der Waals surface area (Å²) in [6.07, 6.45) is 2.05. The molecule has 5 heteroatoms. The Bertz CT molecular complexity index is 393. The highest BCUT2D eigenvalue weighted by molar-refractivity contribution is 9.10. The number of aliphatic hydroxyl groups excluding tert-OH is 1. The molecule has 16 heavy (non-hydrogen) atoms. The van der Waals surface area contributed by atoms with Crippen LogP contribution in [-0.4, -0.2) is 29.3 Å². The molecule has 0 aromatic carbocycles. The third kappa shape index (κ3) is 2.59. The first kappa shape index (κ1) is 13.1. The number of nitrogens with zero attached hydrogens (tertiary/aromatic N) is 1. The molecular formula is C11H14BrNO3.